The van der Waals surface area contributed by atoms with Crippen LogP contribution < -0.4 is 5.32 Å². The standard InChI is InChI=1S/C10H8N4O/c15-10(9-12-6-11-7-13-9)14-8-4-2-1-3-5-8/h1-7H,(H,14,15). The second-order valence-electron chi connectivity index (χ2n) is 2.78. The number of rotatable bonds is 2. The van der Waals surface area contributed by atoms with Gasteiger partial charge in [-0.2, -0.15) is 0 Å². The van der Waals surface area contributed by atoms with Gasteiger partial charge in [0.15, 0.2) is 0 Å². The molecule has 74 valence electrons. The topological polar surface area (TPSA) is 67.8 Å². The van der Waals surface area contributed by atoms with Gasteiger partial charge in [-0.15, -0.1) is 0 Å². The third-order valence-electron chi connectivity index (χ3n) is 1.73. The fraction of sp³-hybridized carbons (Fsp3) is 0. The summed E-state index contributed by atoms with van der Waals surface area (Å²) in [5, 5.41) is 2.67. The van der Waals surface area contributed by atoms with Crippen molar-refractivity contribution in [3.8, 4) is 0 Å². The monoisotopic (exact) mass is 200 g/mol. The van der Waals surface area contributed by atoms with E-state index in [2.05, 4.69) is 20.3 Å². The summed E-state index contributed by atoms with van der Waals surface area (Å²) in [6.07, 6.45) is 2.57. The number of carbonyl (C=O) groups excluding carboxylic acids is 1. The molecule has 5 heteroatoms. The summed E-state index contributed by atoms with van der Waals surface area (Å²) in [6.45, 7) is 0. The van der Waals surface area contributed by atoms with Crippen LogP contribution >= 0.6 is 0 Å². The van der Waals surface area contributed by atoms with E-state index in [0.29, 0.717) is 5.69 Å². The smallest absolute Gasteiger partial charge is 0.293 e. The molecule has 1 aromatic carbocycles. The fourth-order valence-corrected chi connectivity index (χ4v) is 1.06. The molecule has 5 nitrogen and oxygen atoms in total. The van der Waals surface area contributed by atoms with Gasteiger partial charge in [0.25, 0.3) is 5.91 Å². The average molecular weight is 200 g/mol. The molecule has 0 radical (unpaired) electrons. The van der Waals surface area contributed by atoms with Gasteiger partial charge in [0.2, 0.25) is 5.82 Å². The molecule has 0 saturated carbocycles. The van der Waals surface area contributed by atoms with Crippen LogP contribution in [0.25, 0.3) is 0 Å². The van der Waals surface area contributed by atoms with Gasteiger partial charge in [0, 0.05) is 5.69 Å². The number of aromatic nitrogens is 3. The number of para-hydroxylation sites is 1. The maximum absolute atomic E-state index is 11.6. The number of amides is 1. The van der Waals surface area contributed by atoms with Crippen LogP contribution in [0.1, 0.15) is 10.6 Å². The van der Waals surface area contributed by atoms with E-state index >= 15 is 0 Å². The SMILES string of the molecule is O=C(Nc1ccccc1)c1ncncn1. The van der Waals surface area contributed by atoms with Gasteiger partial charge >= 0.3 is 0 Å². The summed E-state index contributed by atoms with van der Waals surface area (Å²) in [5.41, 5.74) is 0.711. The van der Waals surface area contributed by atoms with Gasteiger partial charge in [0.1, 0.15) is 12.7 Å². The molecule has 2 rings (SSSR count). The first-order chi connectivity index (χ1) is 7.36. The molecule has 1 heterocycles. The van der Waals surface area contributed by atoms with Crippen LogP contribution in [0, 0.1) is 0 Å². The summed E-state index contributed by atoms with van der Waals surface area (Å²) in [7, 11) is 0. The van der Waals surface area contributed by atoms with Gasteiger partial charge < -0.3 is 5.32 Å². The second-order valence-corrected chi connectivity index (χ2v) is 2.78. The van der Waals surface area contributed by atoms with Crippen molar-refractivity contribution in [3.63, 3.8) is 0 Å². The van der Waals surface area contributed by atoms with Crippen molar-refractivity contribution < 1.29 is 4.79 Å². The molecule has 0 aliphatic heterocycles. The Kier molecular flexibility index (Phi) is 2.64. The van der Waals surface area contributed by atoms with Crippen LogP contribution in [0.3, 0.4) is 0 Å². The van der Waals surface area contributed by atoms with E-state index in [1.165, 1.54) is 12.7 Å². The largest absolute Gasteiger partial charge is 0.319 e. The highest BCUT2D eigenvalue weighted by Crippen LogP contribution is 2.05. The lowest BCUT2D eigenvalue weighted by atomic mass is 10.3. The third kappa shape index (κ3) is 2.34. The number of anilines is 1. The quantitative estimate of drug-likeness (QED) is 0.788. The van der Waals surface area contributed by atoms with Gasteiger partial charge in [-0.05, 0) is 12.1 Å². The average Bonchev–Trinajstić information content (AvgIpc) is 2.31. The molecule has 0 atom stereocenters. The number of nitrogens with one attached hydrogen (secondary N) is 1. The summed E-state index contributed by atoms with van der Waals surface area (Å²) in [4.78, 5) is 22.7. The zero-order valence-corrected chi connectivity index (χ0v) is 7.79. The molecule has 0 saturated heterocycles. The lowest BCUT2D eigenvalue weighted by Gasteiger charge is -2.02. The van der Waals surface area contributed by atoms with E-state index < -0.39 is 0 Å². The molecule has 0 spiro atoms. The highest BCUT2D eigenvalue weighted by atomic mass is 16.2. The fourth-order valence-electron chi connectivity index (χ4n) is 1.06. The van der Waals surface area contributed by atoms with Crippen LogP contribution in [-0.4, -0.2) is 20.9 Å². The van der Waals surface area contributed by atoms with Crippen LogP contribution in [-0.2, 0) is 0 Å². The van der Waals surface area contributed by atoms with Crippen molar-refractivity contribution in [3.05, 3.63) is 48.8 Å². The molecule has 0 fully saturated rings. The number of carbonyl (C=O) groups is 1. The predicted molar refractivity (Wildman–Crippen MR) is 54.2 cm³/mol. The molecule has 15 heavy (non-hydrogen) atoms. The normalized spacial score (nSPS) is 9.60. The molecular formula is C10H8N4O. The van der Waals surface area contributed by atoms with Gasteiger partial charge in [-0.25, -0.2) is 15.0 Å². The Bertz CT molecular complexity index is 443. The minimum atomic E-state index is -0.344. The summed E-state index contributed by atoms with van der Waals surface area (Å²) in [6, 6.07) is 9.13. The van der Waals surface area contributed by atoms with E-state index in [0.717, 1.165) is 0 Å². The molecule has 1 amide bonds. The molecule has 0 aliphatic rings. The number of nitrogens with zero attached hydrogens (tertiary/aromatic N) is 3. The summed E-state index contributed by atoms with van der Waals surface area (Å²) >= 11 is 0. The third-order valence-corrected chi connectivity index (χ3v) is 1.73. The van der Waals surface area contributed by atoms with Crippen LogP contribution in [0.5, 0.6) is 0 Å². The van der Waals surface area contributed by atoms with E-state index in [1.54, 1.807) is 12.1 Å². The van der Waals surface area contributed by atoms with Crippen LogP contribution in [0.2, 0.25) is 0 Å². The maximum atomic E-state index is 11.6. The van der Waals surface area contributed by atoms with E-state index in [1.807, 2.05) is 18.2 Å². The molecule has 0 aliphatic carbocycles. The molecule has 1 N–H and O–H groups in total. The van der Waals surface area contributed by atoms with Gasteiger partial charge in [-0.3, -0.25) is 4.79 Å². The second kappa shape index (κ2) is 4.28. The van der Waals surface area contributed by atoms with Crippen LogP contribution in [0.15, 0.2) is 43.0 Å². The van der Waals surface area contributed by atoms with Crippen molar-refractivity contribution in [1.82, 2.24) is 15.0 Å². The Hall–Kier alpha value is -2.30. The molecule has 1 aromatic heterocycles. The Balaban J connectivity index is 2.12. The van der Waals surface area contributed by atoms with Crippen molar-refractivity contribution in [2.24, 2.45) is 0 Å². The minimum absolute atomic E-state index is 0.105. The Labute approximate surface area is 86.2 Å². The highest BCUT2D eigenvalue weighted by Gasteiger charge is 2.07. The lowest BCUT2D eigenvalue weighted by Crippen LogP contribution is -2.15. The number of hydrogen-bond acceptors (Lipinski definition) is 4. The van der Waals surface area contributed by atoms with Crippen LogP contribution in [0.4, 0.5) is 5.69 Å². The Morgan fingerprint density at radius 1 is 1.07 bits per heavy atom. The molecular weight excluding hydrogens is 192 g/mol. The van der Waals surface area contributed by atoms with Crippen molar-refractivity contribution in [2.75, 3.05) is 5.32 Å². The van der Waals surface area contributed by atoms with E-state index in [-0.39, 0.29) is 11.7 Å². The van der Waals surface area contributed by atoms with E-state index in [9.17, 15) is 4.79 Å². The molecule has 0 bridgehead atoms. The van der Waals surface area contributed by atoms with E-state index in [4.69, 9.17) is 0 Å². The summed E-state index contributed by atoms with van der Waals surface area (Å²) < 4.78 is 0. The Morgan fingerprint density at radius 2 is 1.73 bits per heavy atom. The molecule has 0 unspecified atom stereocenters. The van der Waals surface area contributed by atoms with Gasteiger partial charge in [-0.1, -0.05) is 18.2 Å². The predicted octanol–water partition coefficient (Wildman–Crippen LogP) is 1.12. The highest BCUT2D eigenvalue weighted by molar-refractivity contribution is 6.01. The zero-order chi connectivity index (χ0) is 10.5. The first kappa shape index (κ1) is 9.26. The van der Waals surface area contributed by atoms with Gasteiger partial charge in [0.05, 0.1) is 0 Å². The van der Waals surface area contributed by atoms with Crippen molar-refractivity contribution >= 4 is 11.6 Å². The number of hydrogen-bond donors (Lipinski definition) is 1. The molecule has 2 aromatic rings. The lowest BCUT2D eigenvalue weighted by molar-refractivity contribution is 0.101. The van der Waals surface area contributed by atoms with Crippen molar-refractivity contribution in [1.29, 1.82) is 0 Å². The first-order valence-corrected chi connectivity index (χ1v) is 4.34. The number of benzene rings is 1. The maximum Gasteiger partial charge on any atom is 0.293 e. The van der Waals surface area contributed by atoms with Crippen molar-refractivity contribution in [2.45, 2.75) is 0 Å². The zero-order valence-electron chi connectivity index (χ0n) is 7.79. The summed E-state index contributed by atoms with van der Waals surface area (Å²) in [5.74, 6) is -0.238. The minimum Gasteiger partial charge on any atom is -0.319 e. The first-order valence-electron chi connectivity index (χ1n) is 4.34. The Morgan fingerprint density at radius 3 is 2.40 bits per heavy atom.